The Bertz CT molecular complexity index is 5490. The van der Waals surface area contributed by atoms with E-state index in [0.29, 0.717) is 0 Å². The van der Waals surface area contributed by atoms with Crippen molar-refractivity contribution >= 4 is 108 Å². The molecule has 0 aromatic heterocycles. The average Bonchev–Trinajstić information content (AvgIpc) is 0.695. The molecule has 0 saturated heterocycles. The molecule has 0 heterocycles. The molecule has 0 amide bonds. The number of rotatable bonds is 0. The lowest BCUT2D eigenvalue weighted by molar-refractivity contribution is 0.589. The van der Waals surface area contributed by atoms with Crippen LogP contribution in [0.15, 0.2) is 158 Å². The van der Waals surface area contributed by atoms with Crippen molar-refractivity contribution in [2.75, 3.05) is 0 Å². The van der Waals surface area contributed by atoms with E-state index in [9.17, 15) is 0 Å². The summed E-state index contributed by atoms with van der Waals surface area (Å²) in [5.41, 5.74) is 15.0. The third-order valence-corrected chi connectivity index (χ3v) is 21.3. The van der Waals surface area contributed by atoms with Crippen molar-refractivity contribution in [1.29, 1.82) is 0 Å². The van der Waals surface area contributed by atoms with Crippen LogP contribution < -0.4 is 0 Å². The second-order valence-electron chi connectivity index (χ2n) is 37.1. The molecule has 0 heteroatoms. The summed E-state index contributed by atoms with van der Waals surface area (Å²) in [4.78, 5) is 0. The van der Waals surface area contributed by atoms with E-state index in [1.54, 1.807) is 0 Å². The zero-order valence-electron chi connectivity index (χ0n) is 63.0. The lowest BCUT2D eigenvalue weighted by Crippen LogP contribution is -2.14. The van der Waals surface area contributed by atoms with Crippen LogP contribution in [0.4, 0.5) is 0 Å². The topological polar surface area (TPSA) is 0 Å². The van der Waals surface area contributed by atoms with Gasteiger partial charge in [0.1, 0.15) is 0 Å². The van der Waals surface area contributed by atoms with Crippen molar-refractivity contribution in [1.82, 2.24) is 0 Å². The highest BCUT2D eigenvalue weighted by Gasteiger charge is 2.32. The molecule has 0 unspecified atom stereocenters. The van der Waals surface area contributed by atoms with Crippen molar-refractivity contribution in [3.8, 4) is 35.5 Å². The monoisotopic (exact) mass is 1270 g/mol. The predicted molar refractivity (Wildman–Crippen MR) is 431 cm³/mol. The van der Waals surface area contributed by atoms with Gasteiger partial charge in [0.15, 0.2) is 0 Å². The molecule has 0 aliphatic carbocycles. The van der Waals surface area contributed by atoms with Crippen LogP contribution in [0.2, 0.25) is 0 Å². The van der Waals surface area contributed by atoms with E-state index in [4.69, 9.17) is 0 Å². The molecular formula is C98H98. The van der Waals surface area contributed by atoms with Gasteiger partial charge in [-0.25, -0.2) is 0 Å². The maximum atomic E-state index is 4.41. The Morgan fingerprint density at radius 2 is 0.337 bits per heavy atom. The SMILES string of the molecule is CC(C)(C)c1cc2cc(C(C)(C)C)cc3c4c(C#Cc5ccccc5)c5cc(C(C)(C)C)cc6cc(C(C)(C)C)cc(c4c(C#Cc4c7cc(C(C)(C)C)cc8cc(C(C)(C)C)cc(c9c(C#Cc%10ccccc%10)c%10cc(C(C)(C)C)cc%11cc(C(C)(C)C)cc(c49)c%11%10)c87)c(c1)c23)c65. The Balaban J connectivity index is 1.32. The summed E-state index contributed by atoms with van der Waals surface area (Å²) in [6, 6.07) is 61.3. The van der Waals surface area contributed by atoms with Gasteiger partial charge in [0, 0.05) is 54.9 Å². The molecule has 0 aliphatic heterocycles. The average molecular weight is 1280 g/mol. The van der Waals surface area contributed by atoms with Crippen LogP contribution in [0.25, 0.3) is 108 Å². The van der Waals surface area contributed by atoms with Crippen LogP contribution in [-0.4, -0.2) is 0 Å². The van der Waals surface area contributed by atoms with Crippen molar-refractivity contribution in [3.05, 3.63) is 236 Å². The maximum absolute atomic E-state index is 4.41. The second-order valence-corrected chi connectivity index (χ2v) is 37.1. The van der Waals surface area contributed by atoms with Gasteiger partial charge in [0.25, 0.3) is 0 Å². The molecular weight excluding hydrogens is 1180 g/mol. The van der Waals surface area contributed by atoms with Crippen molar-refractivity contribution in [2.45, 2.75) is 209 Å². The molecule has 490 valence electrons. The molecule has 0 nitrogen and oxygen atoms in total. The van der Waals surface area contributed by atoms with Crippen molar-refractivity contribution in [3.63, 3.8) is 0 Å². The van der Waals surface area contributed by atoms with E-state index in [0.717, 1.165) is 54.9 Å². The predicted octanol–water partition coefficient (Wildman–Crippen LogP) is 26.7. The molecule has 98 heavy (non-hydrogen) atoms. The van der Waals surface area contributed by atoms with Crippen molar-refractivity contribution in [2.24, 2.45) is 0 Å². The minimum absolute atomic E-state index is 0.149. The quantitative estimate of drug-likeness (QED) is 0.0806. The first-order valence-electron chi connectivity index (χ1n) is 35.8. The van der Waals surface area contributed by atoms with Gasteiger partial charge in [-0.05, 0) is 247 Å². The lowest BCUT2D eigenvalue weighted by atomic mass is 9.75. The lowest BCUT2D eigenvalue weighted by Gasteiger charge is -2.28. The first-order valence-corrected chi connectivity index (χ1v) is 35.8. The zero-order chi connectivity index (χ0) is 70.3. The van der Waals surface area contributed by atoms with E-state index >= 15 is 0 Å². The summed E-state index contributed by atoms with van der Waals surface area (Å²) in [5.74, 6) is 24.5. The molecule has 0 aliphatic rings. The van der Waals surface area contributed by atoms with Crippen LogP contribution in [0, 0.1) is 35.5 Å². The van der Waals surface area contributed by atoms with E-state index < -0.39 is 0 Å². The van der Waals surface area contributed by atoms with Crippen LogP contribution in [0.3, 0.4) is 0 Å². The molecule has 14 aromatic rings. The molecule has 14 aromatic carbocycles. The maximum Gasteiger partial charge on any atom is 0.0413 e. The van der Waals surface area contributed by atoms with E-state index in [-0.39, 0.29) is 43.3 Å². The highest BCUT2D eigenvalue weighted by atomic mass is 14.3. The molecule has 0 radical (unpaired) electrons. The van der Waals surface area contributed by atoms with Crippen LogP contribution in [-0.2, 0) is 43.3 Å². The van der Waals surface area contributed by atoms with Gasteiger partial charge < -0.3 is 0 Å². The Hall–Kier alpha value is -9.12. The zero-order valence-corrected chi connectivity index (χ0v) is 63.0. The first-order chi connectivity index (χ1) is 45.6. The summed E-state index contributed by atoms with van der Waals surface area (Å²) in [7, 11) is 0. The summed E-state index contributed by atoms with van der Waals surface area (Å²) >= 11 is 0. The summed E-state index contributed by atoms with van der Waals surface area (Å²) in [5, 5.41) is 24.1. The third-order valence-electron chi connectivity index (χ3n) is 21.3. The smallest absolute Gasteiger partial charge is 0.0413 e. The van der Waals surface area contributed by atoms with Gasteiger partial charge >= 0.3 is 0 Å². The molecule has 0 saturated carbocycles. The molecule has 0 N–H and O–H groups in total. The summed E-state index contributed by atoms with van der Waals surface area (Å²) in [6.45, 7) is 56.7. The fourth-order valence-electron chi connectivity index (χ4n) is 15.2. The van der Waals surface area contributed by atoms with Crippen molar-refractivity contribution < 1.29 is 0 Å². The number of benzene rings is 14. The fourth-order valence-corrected chi connectivity index (χ4v) is 15.2. The molecule has 0 spiro atoms. The van der Waals surface area contributed by atoms with E-state index in [2.05, 4.69) is 359 Å². The number of fused-ring (bicyclic) bond motifs is 6. The minimum atomic E-state index is -0.193. The third kappa shape index (κ3) is 11.3. The summed E-state index contributed by atoms with van der Waals surface area (Å²) < 4.78 is 0. The highest BCUT2D eigenvalue weighted by molar-refractivity contribution is 6.37. The molecule has 0 fully saturated rings. The minimum Gasteiger partial charge on any atom is -0.0622 e. The summed E-state index contributed by atoms with van der Waals surface area (Å²) in [6.07, 6.45) is 0. The van der Waals surface area contributed by atoms with Gasteiger partial charge in [0.05, 0.1) is 0 Å². The van der Waals surface area contributed by atoms with Gasteiger partial charge in [-0.3, -0.25) is 0 Å². The van der Waals surface area contributed by atoms with E-state index in [1.807, 2.05) is 0 Å². The highest BCUT2D eigenvalue weighted by Crippen LogP contribution is 2.53. The molecule has 0 atom stereocenters. The van der Waals surface area contributed by atoms with Gasteiger partial charge in [-0.1, -0.05) is 287 Å². The molecule has 0 bridgehead atoms. The van der Waals surface area contributed by atoms with Gasteiger partial charge in [0.2, 0.25) is 0 Å². The van der Waals surface area contributed by atoms with Crippen LogP contribution in [0.1, 0.15) is 244 Å². The Kier molecular flexibility index (Phi) is 15.0. The second kappa shape index (κ2) is 22.2. The Morgan fingerprint density at radius 1 is 0.173 bits per heavy atom. The number of hydrogen-bond donors (Lipinski definition) is 0. The van der Waals surface area contributed by atoms with Crippen LogP contribution >= 0.6 is 0 Å². The molecule has 14 rings (SSSR count). The Labute approximate surface area is 584 Å². The van der Waals surface area contributed by atoms with Crippen LogP contribution in [0.5, 0.6) is 0 Å². The largest absolute Gasteiger partial charge is 0.0622 e. The Morgan fingerprint density at radius 3 is 0.510 bits per heavy atom. The normalized spacial score (nSPS) is 13.3. The first kappa shape index (κ1) is 66.1. The standard InChI is InChI=1S/C98H98/c1-91(2,3)63-41-59-45-69(97(19,20)21)55-81-83(59)75(49-63)71(37-35-57-31-27-25-28-32-57)87-79-53-67(95(13,14)15)47-61-43-65(93(7,8)9)51-77(85(61)79)73(89(81)87)39-40-74-78-52-66(94(10,11)12)44-62-48-68(96(16,17)18)54-80(86(62)78)88-72(38-36-58-33-29-26-30-34-58)76-50-64(92(4,5)6)42-60-46-70(98(22,23)24)56-82(84(60)76)90(74)88/h25-34,41-56H,1-24H3. The number of hydrogen-bond acceptors (Lipinski definition) is 0. The van der Waals surface area contributed by atoms with Gasteiger partial charge in [-0.15, -0.1) is 0 Å². The van der Waals surface area contributed by atoms with Gasteiger partial charge in [-0.2, -0.15) is 0 Å². The van der Waals surface area contributed by atoms with E-state index in [1.165, 1.54) is 131 Å². The fraction of sp³-hybridized carbons (Fsp3) is 0.327.